The zero-order valence-electron chi connectivity index (χ0n) is 10.8. The molecule has 0 aliphatic heterocycles. The molecule has 2 aromatic rings. The van der Waals surface area contributed by atoms with Crippen LogP contribution < -0.4 is 0 Å². The van der Waals surface area contributed by atoms with Crippen LogP contribution in [0, 0.1) is 5.92 Å². The van der Waals surface area contributed by atoms with Gasteiger partial charge in [0.15, 0.2) is 5.82 Å². The first kappa shape index (κ1) is 13.1. The monoisotopic (exact) mass is 267 g/mol. The number of aromatic amines is 1. The largest absolute Gasteiger partial charge is 0.339 e. The Hall–Kier alpha value is -1.37. The average molecular weight is 267 g/mol. The molecule has 0 aromatic carbocycles. The minimum atomic E-state index is 0.520. The minimum absolute atomic E-state index is 0.520. The molecular weight excluding hydrogens is 250 g/mol. The van der Waals surface area contributed by atoms with Crippen LogP contribution in [0.15, 0.2) is 9.68 Å². The fourth-order valence-corrected chi connectivity index (χ4v) is 2.07. The van der Waals surface area contributed by atoms with Gasteiger partial charge in [-0.1, -0.05) is 37.7 Å². The van der Waals surface area contributed by atoms with Crippen LogP contribution in [0.1, 0.15) is 38.3 Å². The predicted molar refractivity (Wildman–Crippen MR) is 68.2 cm³/mol. The Balaban J connectivity index is 1.87. The van der Waals surface area contributed by atoms with Gasteiger partial charge in [0.05, 0.1) is 5.75 Å². The van der Waals surface area contributed by atoms with Gasteiger partial charge in [-0.3, -0.25) is 5.10 Å². The van der Waals surface area contributed by atoms with Gasteiger partial charge < -0.3 is 4.52 Å². The van der Waals surface area contributed by atoms with E-state index in [2.05, 4.69) is 39.2 Å². The second-order valence-electron chi connectivity index (χ2n) is 4.41. The van der Waals surface area contributed by atoms with Crippen LogP contribution in [0.3, 0.4) is 0 Å². The maximum atomic E-state index is 5.17. The highest BCUT2D eigenvalue weighted by Gasteiger charge is 2.10. The normalized spacial score (nSPS) is 11.3. The number of H-pyrrole nitrogens is 1. The number of hydrogen-bond acceptors (Lipinski definition) is 6. The van der Waals surface area contributed by atoms with Crippen LogP contribution in [0.25, 0.3) is 0 Å². The molecule has 0 unspecified atom stereocenters. The molecule has 0 aliphatic rings. The van der Waals surface area contributed by atoms with Gasteiger partial charge in [-0.2, -0.15) is 4.98 Å². The molecule has 2 aromatic heterocycles. The zero-order valence-corrected chi connectivity index (χ0v) is 11.6. The highest BCUT2D eigenvalue weighted by atomic mass is 32.2. The second-order valence-corrected chi connectivity index (χ2v) is 5.35. The Morgan fingerprint density at radius 1 is 1.33 bits per heavy atom. The number of nitrogens with zero attached hydrogens (tertiary/aromatic N) is 4. The van der Waals surface area contributed by atoms with Gasteiger partial charge in [0.25, 0.3) is 0 Å². The molecule has 1 N–H and O–H groups in total. The molecule has 7 heteroatoms. The lowest BCUT2D eigenvalue weighted by atomic mass is 10.1. The lowest BCUT2D eigenvalue weighted by molar-refractivity contribution is 0.360. The quantitative estimate of drug-likeness (QED) is 0.808. The minimum Gasteiger partial charge on any atom is -0.339 e. The van der Waals surface area contributed by atoms with Crippen molar-refractivity contribution in [1.29, 1.82) is 0 Å². The van der Waals surface area contributed by atoms with Crippen molar-refractivity contribution in [2.24, 2.45) is 5.92 Å². The van der Waals surface area contributed by atoms with Crippen molar-refractivity contribution >= 4 is 11.8 Å². The van der Waals surface area contributed by atoms with E-state index in [4.69, 9.17) is 4.52 Å². The van der Waals surface area contributed by atoms with E-state index in [1.807, 2.05) is 6.92 Å². The van der Waals surface area contributed by atoms with Crippen LogP contribution in [-0.2, 0) is 18.6 Å². The third kappa shape index (κ3) is 3.56. The maximum Gasteiger partial charge on any atom is 0.226 e. The number of hydrogen-bond donors (Lipinski definition) is 1. The number of aromatic nitrogens is 5. The summed E-state index contributed by atoms with van der Waals surface area (Å²) in [5.41, 5.74) is 0. The van der Waals surface area contributed by atoms with E-state index in [0.29, 0.717) is 23.4 Å². The summed E-state index contributed by atoms with van der Waals surface area (Å²) in [7, 11) is 0. The van der Waals surface area contributed by atoms with Crippen molar-refractivity contribution in [3.8, 4) is 0 Å². The fourth-order valence-electron chi connectivity index (χ4n) is 1.41. The van der Waals surface area contributed by atoms with Crippen molar-refractivity contribution in [3.05, 3.63) is 17.5 Å². The molecule has 0 saturated carbocycles. The zero-order chi connectivity index (χ0) is 13.0. The van der Waals surface area contributed by atoms with Crippen LogP contribution in [-0.4, -0.2) is 25.3 Å². The summed E-state index contributed by atoms with van der Waals surface area (Å²) in [5.74, 6) is 3.43. The van der Waals surface area contributed by atoms with Crippen molar-refractivity contribution in [3.63, 3.8) is 0 Å². The molecule has 6 nitrogen and oxygen atoms in total. The third-order valence-corrected chi connectivity index (χ3v) is 3.11. The highest BCUT2D eigenvalue weighted by Crippen LogP contribution is 2.17. The standard InChI is InChI=1S/C11H17N5OS/c1-4-8-13-11(15-14-8)18-6-9-12-10(17-16-9)5-7(2)3/h7H,4-6H2,1-3H3,(H,13,14,15). The molecule has 0 atom stereocenters. The molecule has 0 aliphatic carbocycles. The summed E-state index contributed by atoms with van der Waals surface area (Å²) in [6.07, 6.45) is 1.67. The molecule has 0 amide bonds. The van der Waals surface area contributed by atoms with E-state index < -0.39 is 0 Å². The molecule has 18 heavy (non-hydrogen) atoms. The molecule has 2 rings (SSSR count). The summed E-state index contributed by atoms with van der Waals surface area (Å²) in [6, 6.07) is 0. The lowest BCUT2D eigenvalue weighted by Gasteiger charge is -1.95. The molecule has 0 saturated heterocycles. The summed E-state index contributed by atoms with van der Waals surface area (Å²) in [6.45, 7) is 6.28. The Morgan fingerprint density at radius 3 is 2.83 bits per heavy atom. The summed E-state index contributed by atoms with van der Waals surface area (Å²) < 4.78 is 5.17. The van der Waals surface area contributed by atoms with Crippen molar-refractivity contribution in [2.45, 2.75) is 44.5 Å². The highest BCUT2D eigenvalue weighted by molar-refractivity contribution is 7.98. The summed E-state index contributed by atoms with van der Waals surface area (Å²) in [4.78, 5) is 8.64. The van der Waals surface area contributed by atoms with E-state index in [9.17, 15) is 0 Å². The predicted octanol–water partition coefficient (Wildman–Crippen LogP) is 2.24. The van der Waals surface area contributed by atoms with Crippen LogP contribution in [0.5, 0.6) is 0 Å². The van der Waals surface area contributed by atoms with E-state index >= 15 is 0 Å². The molecule has 0 spiro atoms. The fraction of sp³-hybridized carbons (Fsp3) is 0.636. The van der Waals surface area contributed by atoms with Gasteiger partial charge in [-0.25, -0.2) is 4.98 Å². The molecule has 2 heterocycles. The third-order valence-electron chi connectivity index (χ3n) is 2.27. The van der Waals surface area contributed by atoms with E-state index in [0.717, 1.165) is 23.8 Å². The smallest absolute Gasteiger partial charge is 0.226 e. The summed E-state index contributed by atoms with van der Waals surface area (Å²) in [5, 5.41) is 11.6. The second kappa shape index (κ2) is 5.99. The first-order valence-corrected chi connectivity index (χ1v) is 7.01. The number of aryl methyl sites for hydroxylation is 1. The van der Waals surface area contributed by atoms with E-state index in [-0.39, 0.29) is 0 Å². The van der Waals surface area contributed by atoms with Gasteiger partial charge in [0.1, 0.15) is 5.82 Å². The maximum absolute atomic E-state index is 5.17. The topological polar surface area (TPSA) is 80.5 Å². The Kier molecular flexibility index (Phi) is 4.35. The molecule has 0 bridgehead atoms. The van der Waals surface area contributed by atoms with Crippen molar-refractivity contribution in [1.82, 2.24) is 25.3 Å². The van der Waals surface area contributed by atoms with Crippen LogP contribution in [0.2, 0.25) is 0 Å². The van der Waals surface area contributed by atoms with Crippen LogP contribution in [0.4, 0.5) is 0 Å². The summed E-state index contributed by atoms with van der Waals surface area (Å²) >= 11 is 1.50. The van der Waals surface area contributed by atoms with Gasteiger partial charge in [-0.15, -0.1) is 5.10 Å². The van der Waals surface area contributed by atoms with Gasteiger partial charge in [0, 0.05) is 12.8 Å². The molecule has 0 fully saturated rings. The lowest BCUT2D eigenvalue weighted by Crippen LogP contribution is -1.94. The SMILES string of the molecule is CCc1nc(SCc2noc(CC(C)C)n2)n[nH]1. The van der Waals surface area contributed by atoms with E-state index in [1.165, 1.54) is 11.8 Å². The number of nitrogens with one attached hydrogen (secondary N) is 1. The molecular formula is C11H17N5OS. The Bertz CT molecular complexity index is 493. The van der Waals surface area contributed by atoms with Gasteiger partial charge in [0.2, 0.25) is 11.0 Å². The van der Waals surface area contributed by atoms with E-state index in [1.54, 1.807) is 0 Å². The number of rotatable bonds is 6. The first-order valence-electron chi connectivity index (χ1n) is 6.03. The van der Waals surface area contributed by atoms with Gasteiger partial charge >= 0.3 is 0 Å². The number of thioether (sulfide) groups is 1. The van der Waals surface area contributed by atoms with Crippen molar-refractivity contribution in [2.75, 3.05) is 0 Å². The first-order chi connectivity index (χ1) is 8.67. The van der Waals surface area contributed by atoms with Crippen molar-refractivity contribution < 1.29 is 4.52 Å². The molecule has 98 valence electrons. The average Bonchev–Trinajstić information content (AvgIpc) is 2.94. The molecule has 0 radical (unpaired) electrons. The van der Waals surface area contributed by atoms with Gasteiger partial charge in [-0.05, 0) is 5.92 Å². The van der Waals surface area contributed by atoms with Crippen LogP contribution >= 0.6 is 11.8 Å². The Morgan fingerprint density at radius 2 is 2.17 bits per heavy atom. The Labute approximate surface area is 110 Å².